The van der Waals surface area contributed by atoms with E-state index in [1.807, 2.05) is 39.8 Å². The van der Waals surface area contributed by atoms with Crippen molar-refractivity contribution >= 4 is 33.1 Å². The maximum absolute atomic E-state index is 12.4. The number of ether oxygens (including phenoxy) is 1. The molecule has 3 rings (SSSR count). The Hall–Kier alpha value is -1.36. The Morgan fingerprint density at radius 2 is 2.05 bits per heavy atom. The molecule has 0 unspecified atom stereocenters. The summed E-state index contributed by atoms with van der Waals surface area (Å²) < 4.78 is 7.95. The van der Waals surface area contributed by atoms with Crippen LogP contribution >= 0.6 is 15.9 Å². The lowest BCUT2D eigenvalue weighted by molar-refractivity contribution is 0.0541. The van der Waals surface area contributed by atoms with Gasteiger partial charge < -0.3 is 4.74 Å². The van der Waals surface area contributed by atoms with Crippen LogP contribution in [0.15, 0.2) is 16.6 Å². The first kappa shape index (κ1) is 14.6. The van der Waals surface area contributed by atoms with Crippen molar-refractivity contribution in [2.75, 3.05) is 0 Å². The van der Waals surface area contributed by atoms with E-state index in [0.717, 1.165) is 26.9 Å². The van der Waals surface area contributed by atoms with Crippen LogP contribution in [0.1, 0.15) is 50.9 Å². The molecule has 0 spiro atoms. The lowest BCUT2D eigenvalue weighted by Gasteiger charge is -2.20. The van der Waals surface area contributed by atoms with Crippen molar-refractivity contribution in [1.29, 1.82) is 0 Å². The van der Waals surface area contributed by atoms with Gasteiger partial charge in [0.2, 0.25) is 0 Å². The summed E-state index contributed by atoms with van der Waals surface area (Å²) in [5.74, 6) is 0.589. The van der Waals surface area contributed by atoms with Gasteiger partial charge in [-0.1, -0.05) is 0 Å². The molecule has 0 amide bonds. The lowest BCUT2D eigenvalue weighted by atomic mass is 10.2. The molecule has 1 aliphatic rings. The second-order valence-electron chi connectivity index (χ2n) is 6.59. The predicted octanol–water partition coefficient (Wildman–Crippen LogP) is 4.77. The molecule has 1 saturated carbocycles. The number of pyridine rings is 1. The van der Waals surface area contributed by atoms with Gasteiger partial charge in [-0.25, -0.2) is 14.3 Å². The third-order valence-corrected chi connectivity index (χ3v) is 4.52. The van der Waals surface area contributed by atoms with Crippen molar-refractivity contribution in [2.45, 2.75) is 52.1 Å². The Morgan fingerprint density at radius 3 is 2.62 bits per heavy atom. The van der Waals surface area contributed by atoms with Crippen molar-refractivity contribution in [2.24, 2.45) is 0 Å². The van der Waals surface area contributed by atoms with Gasteiger partial charge in [0.25, 0.3) is 0 Å². The van der Waals surface area contributed by atoms with E-state index in [1.165, 1.54) is 12.8 Å². The molecule has 4 nitrogen and oxygen atoms in total. The second kappa shape index (κ2) is 4.83. The van der Waals surface area contributed by atoms with E-state index in [4.69, 9.17) is 9.72 Å². The first-order valence-electron chi connectivity index (χ1n) is 7.19. The van der Waals surface area contributed by atoms with E-state index < -0.39 is 5.60 Å². The number of carbonyl (C=O) groups is 1. The molecular weight excluding hydrogens is 332 g/mol. The Labute approximate surface area is 132 Å². The number of rotatable bonds is 1. The van der Waals surface area contributed by atoms with Gasteiger partial charge in [-0.05, 0) is 68.6 Å². The van der Waals surface area contributed by atoms with Gasteiger partial charge in [0.1, 0.15) is 11.1 Å². The Kier molecular flexibility index (Phi) is 3.35. The Bertz CT molecular complexity index is 724. The summed E-state index contributed by atoms with van der Waals surface area (Å²) in [4.78, 5) is 17.2. The average Bonchev–Trinajstić information content (AvgIpc) is 3.17. The molecule has 0 bridgehead atoms. The minimum Gasteiger partial charge on any atom is -0.443 e. The van der Waals surface area contributed by atoms with Crippen LogP contribution in [-0.2, 0) is 4.74 Å². The topological polar surface area (TPSA) is 44.1 Å². The summed E-state index contributed by atoms with van der Waals surface area (Å²) in [6.45, 7) is 7.49. The molecule has 1 fully saturated rings. The van der Waals surface area contributed by atoms with Gasteiger partial charge in [0.05, 0.1) is 9.99 Å². The summed E-state index contributed by atoms with van der Waals surface area (Å²) in [5.41, 5.74) is 3.04. The third kappa shape index (κ3) is 2.71. The van der Waals surface area contributed by atoms with Crippen LogP contribution in [0.5, 0.6) is 0 Å². The SMILES string of the molecule is Cc1c(Br)c2nc(C3CC3)ccc2n1C(=O)OC(C)(C)C. The summed E-state index contributed by atoms with van der Waals surface area (Å²) in [5, 5.41) is 0. The number of hydrogen-bond acceptors (Lipinski definition) is 3. The lowest BCUT2D eigenvalue weighted by Crippen LogP contribution is -2.27. The molecule has 21 heavy (non-hydrogen) atoms. The summed E-state index contributed by atoms with van der Waals surface area (Å²) in [7, 11) is 0. The van der Waals surface area contributed by atoms with Crippen LogP contribution in [0.2, 0.25) is 0 Å². The fraction of sp³-hybridized carbons (Fsp3) is 0.500. The number of halogens is 1. The largest absolute Gasteiger partial charge is 0.443 e. The number of carbonyl (C=O) groups excluding carboxylic acids is 1. The molecule has 0 atom stereocenters. The van der Waals surface area contributed by atoms with E-state index in [-0.39, 0.29) is 6.09 Å². The molecule has 112 valence electrons. The van der Waals surface area contributed by atoms with Crippen molar-refractivity contribution in [3.05, 3.63) is 28.0 Å². The maximum Gasteiger partial charge on any atom is 0.419 e. The molecule has 0 radical (unpaired) electrons. The van der Waals surface area contributed by atoms with E-state index in [1.54, 1.807) is 4.57 Å². The third-order valence-electron chi connectivity index (χ3n) is 3.57. The molecule has 0 N–H and O–H groups in total. The standard InChI is InChI=1S/C16H19BrN2O2/c1-9-13(17)14-12(8-7-11(18-14)10-5-6-10)19(9)15(20)21-16(2,3)4/h7-8,10H,5-6H2,1-4H3. The smallest absolute Gasteiger partial charge is 0.419 e. The highest BCUT2D eigenvalue weighted by molar-refractivity contribution is 9.10. The highest BCUT2D eigenvalue weighted by Crippen LogP contribution is 2.40. The zero-order valence-electron chi connectivity index (χ0n) is 12.7. The Morgan fingerprint density at radius 1 is 1.38 bits per heavy atom. The molecule has 2 aromatic heterocycles. The van der Waals surface area contributed by atoms with Crippen LogP contribution in [0.25, 0.3) is 11.0 Å². The van der Waals surface area contributed by atoms with Crippen LogP contribution in [0.3, 0.4) is 0 Å². The fourth-order valence-corrected chi connectivity index (χ4v) is 2.88. The maximum atomic E-state index is 12.4. The number of aromatic nitrogens is 2. The number of fused-ring (bicyclic) bond motifs is 1. The monoisotopic (exact) mass is 350 g/mol. The highest BCUT2D eigenvalue weighted by atomic mass is 79.9. The molecule has 0 aromatic carbocycles. The molecular formula is C16H19BrN2O2. The summed E-state index contributed by atoms with van der Waals surface area (Å²) >= 11 is 3.56. The van der Waals surface area contributed by atoms with Gasteiger partial charge in [-0.3, -0.25) is 0 Å². The van der Waals surface area contributed by atoms with E-state index >= 15 is 0 Å². The van der Waals surface area contributed by atoms with Crippen LogP contribution < -0.4 is 0 Å². The average molecular weight is 351 g/mol. The zero-order valence-corrected chi connectivity index (χ0v) is 14.3. The molecule has 0 aliphatic heterocycles. The second-order valence-corrected chi connectivity index (χ2v) is 7.39. The normalized spacial score (nSPS) is 15.5. The molecule has 0 saturated heterocycles. The quantitative estimate of drug-likeness (QED) is 0.744. The van der Waals surface area contributed by atoms with E-state index in [2.05, 4.69) is 15.9 Å². The highest BCUT2D eigenvalue weighted by Gasteiger charge is 2.28. The molecule has 1 aliphatic carbocycles. The van der Waals surface area contributed by atoms with Crippen molar-refractivity contribution in [3.8, 4) is 0 Å². The summed E-state index contributed by atoms with van der Waals surface area (Å²) in [6, 6.07) is 3.99. The van der Waals surface area contributed by atoms with Crippen molar-refractivity contribution < 1.29 is 9.53 Å². The van der Waals surface area contributed by atoms with E-state index in [0.29, 0.717) is 5.92 Å². The van der Waals surface area contributed by atoms with Gasteiger partial charge >= 0.3 is 6.09 Å². The first-order valence-corrected chi connectivity index (χ1v) is 7.98. The predicted molar refractivity (Wildman–Crippen MR) is 85.8 cm³/mol. The van der Waals surface area contributed by atoms with E-state index in [9.17, 15) is 4.79 Å². The number of nitrogens with zero attached hydrogens (tertiary/aromatic N) is 2. The Balaban J connectivity index is 2.10. The minimum atomic E-state index is -0.520. The van der Waals surface area contributed by atoms with Gasteiger partial charge in [-0.2, -0.15) is 0 Å². The first-order chi connectivity index (χ1) is 9.78. The van der Waals surface area contributed by atoms with Crippen molar-refractivity contribution in [3.63, 3.8) is 0 Å². The summed E-state index contributed by atoms with van der Waals surface area (Å²) in [6.07, 6.45) is 2.06. The van der Waals surface area contributed by atoms with Crippen LogP contribution in [-0.4, -0.2) is 21.2 Å². The van der Waals surface area contributed by atoms with Crippen molar-refractivity contribution in [1.82, 2.24) is 9.55 Å². The molecule has 5 heteroatoms. The van der Waals surface area contributed by atoms with Gasteiger partial charge in [0, 0.05) is 17.3 Å². The zero-order chi connectivity index (χ0) is 15.4. The van der Waals surface area contributed by atoms with Crippen LogP contribution in [0.4, 0.5) is 4.79 Å². The van der Waals surface area contributed by atoms with Crippen LogP contribution in [0, 0.1) is 6.92 Å². The minimum absolute atomic E-state index is 0.364. The van der Waals surface area contributed by atoms with Gasteiger partial charge in [-0.15, -0.1) is 0 Å². The number of hydrogen-bond donors (Lipinski definition) is 0. The fourth-order valence-electron chi connectivity index (χ4n) is 2.41. The van der Waals surface area contributed by atoms with Gasteiger partial charge in [0.15, 0.2) is 0 Å². The molecule has 2 heterocycles. The molecule has 2 aromatic rings.